The number of carboxylic acid groups (broad SMARTS) is 1. The van der Waals surface area contributed by atoms with Gasteiger partial charge in [0.05, 0.1) is 0 Å². The Balaban J connectivity index is 3.03. The lowest BCUT2D eigenvalue weighted by Crippen LogP contribution is -1.93. The quantitative estimate of drug-likeness (QED) is 0.700. The first-order valence-electron chi connectivity index (χ1n) is 3.68. The van der Waals surface area contributed by atoms with Crippen molar-refractivity contribution < 1.29 is 9.90 Å². The number of allylic oxidation sites excluding steroid dienone is 1. The van der Waals surface area contributed by atoms with Crippen LogP contribution in [0.1, 0.15) is 32.1 Å². The number of carbonyl (C=O) groups is 1. The standard InChI is InChI=1S/C8H13BrO2/c1-7(9)5-3-2-4-6-8(10)11/h1-6H2,(H,10,11). The molecule has 0 aliphatic carbocycles. The van der Waals surface area contributed by atoms with Gasteiger partial charge in [0.25, 0.3) is 0 Å². The van der Waals surface area contributed by atoms with Gasteiger partial charge < -0.3 is 5.11 Å². The minimum absolute atomic E-state index is 0.286. The highest BCUT2D eigenvalue weighted by atomic mass is 79.9. The molecule has 64 valence electrons. The minimum atomic E-state index is -0.706. The van der Waals surface area contributed by atoms with Crippen molar-refractivity contribution in [1.29, 1.82) is 0 Å². The van der Waals surface area contributed by atoms with Gasteiger partial charge in [0.2, 0.25) is 0 Å². The number of rotatable bonds is 6. The molecule has 0 saturated carbocycles. The van der Waals surface area contributed by atoms with Crippen molar-refractivity contribution >= 4 is 21.9 Å². The fraction of sp³-hybridized carbons (Fsp3) is 0.625. The monoisotopic (exact) mass is 220 g/mol. The summed E-state index contributed by atoms with van der Waals surface area (Å²) in [7, 11) is 0. The molecule has 0 aromatic carbocycles. The van der Waals surface area contributed by atoms with Gasteiger partial charge in [-0.2, -0.15) is 0 Å². The summed E-state index contributed by atoms with van der Waals surface area (Å²) in [4.78, 5) is 10.1. The Morgan fingerprint density at radius 1 is 1.27 bits per heavy atom. The molecular weight excluding hydrogens is 208 g/mol. The SMILES string of the molecule is C=C(Br)CCCCCC(=O)O. The summed E-state index contributed by atoms with van der Waals surface area (Å²) in [6, 6.07) is 0. The number of halogens is 1. The molecule has 11 heavy (non-hydrogen) atoms. The maximum atomic E-state index is 10.1. The van der Waals surface area contributed by atoms with Gasteiger partial charge in [-0.1, -0.05) is 28.9 Å². The summed E-state index contributed by atoms with van der Waals surface area (Å²) < 4.78 is 0.993. The van der Waals surface area contributed by atoms with Crippen LogP contribution in [0, 0.1) is 0 Å². The second-order valence-electron chi connectivity index (χ2n) is 2.47. The molecule has 0 radical (unpaired) electrons. The highest BCUT2D eigenvalue weighted by Crippen LogP contribution is 2.12. The maximum absolute atomic E-state index is 10.1. The molecule has 0 atom stereocenters. The average molecular weight is 221 g/mol. The lowest BCUT2D eigenvalue weighted by molar-refractivity contribution is -0.137. The van der Waals surface area contributed by atoms with Crippen LogP contribution in [0.3, 0.4) is 0 Å². The molecule has 0 amide bonds. The first-order chi connectivity index (χ1) is 5.13. The Labute approximate surface area is 75.4 Å². The van der Waals surface area contributed by atoms with Crippen molar-refractivity contribution in [1.82, 2.24) is 0 Å². The van der Waals surface area contributed by atoms with Gasteiger partial charge in [-0.25, -0.2) is 0 Å². The minimum Gasteiger partial charge on any atom is -0.481 e. The Hall–Kier alpha value is -0.310. The number of aliphatic carboxylic acids is 1. The smallest absolute Gasteiger partial charge is 0.303 e. The zero-order valence-corrected chi connectivity index (χ0v) is 8.06. The van der Waals surface area contributed by atoms with Crippen molar-refractivity contribution in [3.05, 3.63) is 11.1 Å². The Bertz CT molecular complexity index is 127. The van der Waals surface area contributed by atoms with Gasteiger partial charge in [0, 0.05) is 6.42 Å². The predicted molar refractivity (Wildman–Crippen MR) is 48.8 cm³/mol. The predicted octanol–water partition coefficient (Wildman–Crippen LogP) is 2.93. The molecule has 0 fully saturated rings. The van der Waals surface area contributed by atoms with Crippen LogP contribution in [-0.2, 0) is 4.79 Å². The topological polar surface area (TPSA) is 37.3 Å². The first kappa shape index (κ1) is 10.7. The summed E-state index contributed by atoms with van der Waals surface area (Å²) in [5.74, 6) is -0.706. The number of unbranched alkanes of at least 4 members (excludes halogenated alkanes) is 2. The van der Waals surface area contributed by atoms with Gasteiger partial charge >= 0.3 is 5.97 Å². The fourth-order valence-electron chi connectivity index (χ4n) is 0.770. The van der Waals surface area contributed by atoms with E-state index in [1.54, 1.807) is 0 Å². The normalized spacial score (nSPS) is 9.55. The molecule has 0 heterocycles. The van der Waals surface area contributed by atoms with E-state index in [9.17, 15) is 4.79 Å². The molecule has 0 aromatic rings. The van der Waals surface area contributed by atoms with Crippen LogP contribution in [0.2, 0.25) is 0 Å². The van der Waals surface area contributed by atoms with E-state index in [1.165, 1.54) is 0 Å². The maximum Gasteiger partial charge on any atom is 0.303 e. The second kappa shape index (κ2) is 6.40. The van der Waals surface area contributed by atoms with Gasteiger partial charge in [-0.05, 0) is 23.7 Å². The number of hydrogen-bond acceptors (Lipinski definition) is 1. The fourth-order valence-corrected chi connectivity index (χ4v) is 1.05. The Morgan fingerprint density at radius 2 is 1.82 bits per heavy atom. The number of carboxylic acids is 1. The van der Waals surface area contributed by atoms with Gasteiger partial charge in [-0.15, -0.1) is 0 Å². The molecule has 0 aliphatic heterocycles. The highest BCUT2D eigenvalue weighted by molar-refractivity contribution is 9.11. The zero-order valence-electron chi connectivity index (χ0n) is 6.48. The molecule has 0 saturated heterocycles. The third-order valence-electron chi connectivity index (χ3n) is 1.34. The van der Waals surface area contributed by atoms with E-state index in [0.29, 0.717) is 0 Å². The molecule has 0 aliphatic rings. The number of hydrogen-bond donors (Lipinski definition) is 1. The van der Waals surface area contributed by atoms with Crippen molar-refractivity contribution in [3.63, 3.8) is 0 Å². The van der Waals surface area contributed by atoms with E-state index >= 15 is 0 Å². The molecule has 0 rings (SSSR count). The van der Waals surface area contributed by atoms with Gasteiger partial charge in [-0.3, -0.25) is 4.79 Å². The van der Waals surface area contributed by atoms with Crippen LogP contribution in [0.25, 0.3) is 0 Å². The summed E-state index contributed by atoms with van der Waals surface area (Å²) in [5.41, 5.74) is 0. The van der Waals surface area contributed by atoms with E-state index in [2.05, 4.69) is 22.5 Å². The van der Waals surface area contributed by atoms with E-state index in [4.69, 9.17) is 5.11 Å². The lowest BCUT2D eigenvalue weighted by Gasteiger charge is -1.96. The molecular formula is C8H13BrO2. The van der Waals surface area contributed by atoms with Crippen molar-refractivity contribution in [3.8, 4) is 0 Å². The Kier molecular flexibility index (Phi) is 6.22. The lowest BCUT2D eigenvalue weighted by atomic mass is 10.1. The van der Waals surface area contributed by atoms with Crippen molar-refractivity contribution in [2.75, 3.05) is 0 Å². The zero-order chi connectivity index (χ0) is 8.69. The van der Waals surface area contributed by atoms with Gasteiger partial charge in [0.15, 0.2) is 0 Å². The summed E-state index contributed by atoms with van der Waals surface area (Å²) in [6.07, 6.45) is 4.00. The van der Waals surface area contributed by atoms with Crippen LogP contribution in [0.15, 0.2) is 11.1 Å². The molecule has 2 nitrogen and oxygen atoms in total. The van der Waals surface area contributed by atoms with Crippen LogP contribution in [0.4, 0.5) is 0 Å². The third kappa shape index (κ3) is 9.69. The molecule has 0 aromatic heterocycles. The summed E-state index contributed by atoms with van der Waals surface area (Å²) >= 11 is 3.24. The molecule has 1 N–H and O–H groups in total. The molecule has 3 heteroatoms. The average Bonchev–Trinajstić information content (AvgIpc) is 1.85. The molecule has 0 spiro atoms. The van der Waals surface area contributed by atoms with Crippen LogP contribution in [-0.4, -0.2) is 11.1 Å². The summed E-state index contributed by atoms with van der Waals surface area (Å²) in [6.45, 7) is 3.69. The highest BCUT2D eigenvalue weighted by Gasteiger charge is 1.96. The third-order valence-corrected chi connectivity index (χ3v) is 1.74. The second-order valence-corrected chi connectivity index (χ2v) is 3.59. The van der Waals surface area contributed by atoms with Crippen molar-refractivity contribution in [2.45, 2.75) is 32.1 Å². The molecule has 0 bridgehead atoms. The van der Waals surface area contributed by atoms with E-state index < -0.39 is 5.97 Å². The largest absolute Gasteiger partial charge is 0.481 e. The van der Waals surface area contributed by atoms with Crippen LogP contribution in [0.5, 0.6) is 0 Å². The van der Waals surface area contributed by atoms with Crippen molar-refractivity contribution in [2.24, 2.45) is 0 Å². The first-order valence-corrected chi connectivity index (χ1v) is 4.47. The van der Waals surface area contributed by atoms with Gasteiger partial charge in [0.1, 0.15) is 0 Å². The van der Waals surface area contributed by atoms with E-state index in [-0.39, 0.29) is 6.42 Å². The van der Waals surface area contributed by atoms with E-state index in [0.717, 1.165) is 30.2 Å². The Morgan fingerprint density at radius 3 is 2.27 bits per heavy atom. The molecule has 0 unspecified atom stereocenters. The van der Waals surface area contributed by atoms with Crippen LogP contribution >= 0.6 is 15.9 Å². The van der Waals surface area contributed by atoms with E-state index in [1.807, 2.05) is 0 Å². The summed E-state index contributed by atoms with van der Waals surface area (Å²) in [5, 5.41) is 8.30. The van der Waals surface area contributed by atoms with Crippen LogP contribution < -0.4 is 0 Å².